The van der Waals surface area contributed by atoms with Crippen LogP contribution < -0.4 is 0 Å². The van der Waals surface area contributed by atoms with E-state index in [1.807, 2.05) is 0 Å². The Morgan fingerprint density at radius 1 is 1.05 bits per heavy atom. The number of rotatable bonds is 2. The first-order chi connectivity index (χ1) is 9.16. The third-order valence-electron chi connectivity index (χ3n) is 4.91. The van der Waals surface area contributed by atoms with Crippen LogP contribution >= 0.6 is 0 Å². The molecule has 3 fully saturated rings. The summed E-state index contributed by atoms with van der Waals surface area (Å²) >= 11 is 0. The number of urea groups is 1. The lowest BCUT2D eigenvalue weighted by molar-refractivity contribution is 0.154. The van der Waals surface area contributed by atoms with Gasteiger partial charge in [-0.05, 0) is 31.6 Å². The van der Waals surface area contributed by atoms with E-state index in [-0.39, 0.29) is 0 Å². The van der Waals surface area contributed by atoms with Gasteiger partial charge in [-0.15, -0.1) is 0 Å². The maximum atomic E-state index is 12.6. The van der Waals surface area contributed by atoms with Crippen molar-refractivity contribution in [3.63, 3.8) is 0 Å². The molecule has 3 saturated heterocycles. The van der Waals surface area contributed by atoms with Crippen LogP contribution in [0, 0.1) is 5.92 Å². The number of hydrogen-bond acceptors (Lipinski definition) is 2. The van der Waals surface area contributed by atoms with Crippen LogP contribution in [0.4, 0.5) is 4.79 Å². The van der Waals surface area contributed by atoms with E-state index in [1.54, 1.807) is 0 Å². The minimum Gasteiger partial charge on any atom is -0.325 e. The molecule has 3 rings (SSSR count). The molecule has 0 N–H and O–H groups in total. The lowest BCUT2D eigenvalue weighted by Crippen LogP contribution is -2.46. The summed E-state index contributed by atoms with van der Waals surface area (Å²) in [4.78, 5) is 19.4. The Hall–Kier alpha value is -0.770. The highest BCUT2D eigenvalue weighted by molar-refractivity contribution is 5.75. The highest BCUT2D eigenvalue weighted by Crippen LogP contribution is 2.33. The monoisotopic (exact) mass is 265 g/mol. The Labute approximate surface area is 116 Å². The molecule has 4 heteroatoms. The van der Waals surface area contributed by atoms with E-state index in [0.29, 0.717) is 18.1 Å². The minimum atomic E-state index is 0.316. The molecule has 3 aliphatic heterocycles. The molecule has 0 aromatic carbocycles. The highest BCUT2D eigenvalue weighted by Gasteiger charge is 2.45. The largest absolute Gasteiger partial charge is 0.325 e. The van der Waals surface area contributed by atoms with E-state index in [4.69, 9.17) is 0 Å². The Morgan fingerprint density at radius 3 is 2.42 bits per heavy atom. The molecule has 0 radical (unpaired) electrons. The molecule has 0 aromatic heterocycles. The summed E-state index contributed by atoms with van der Waals surface area (Å²) in [6.45, 7) is 9.86. The molecular formula is C15H27N3O. The van der Waals surface area contributed by atoms with Gasteiger partial charge < -0.3 is 9.80 Å². The molecule has 3 aliphatic rings. The molecule has 0 aliphatic carbocycles. The first-order valence-electron chi connectivity index (χ1n) is 7.96. The third kappa shape index (κ3) is 2.47. The van der Waals surface area contributed by atoms with Gasteiger partial charge >= 0.3 is 6.03 Å². The summed E-state index contributed by atoms with van der Waals surface area (Å²) in [6, 6.07) is 1.44. The summed E-state index contributed by atoms with van der Waals surface area (Å²) in [6.07, 6.45) is 4.73. The van der Waals surface area contributed by atoms with Crippen molar-refractivity contribution in [3.05, 3.63) is 0 Å². The molecule has 4 nitrogen and oxygen atoms in total. The number of fused-ring (bicyclic) bond motifs is 1. The van der Waals surface area contributed by atoms with Crippen LogP contribution in [0.3, 0.4) is 0 Å². The van der Waals surface area contributed by atoms with Gasteiger partial charge in [0.05, 0.1) is 6.04 Å². The van der Waals surface area contributed by atoms with E-state index >= 15 is 0 Å². The van der Waals surface area contributed by atoms with Gasteiger partial charge in [0.2, 0.25) is 0 Å². The van der Waals surface area contributed by atoms with Gasteiger partial charge in [-0.2, -0.15) is 0 Å². The van der Waals surface area contributed by atoms with Gasteiger partial charge in [0.1, 0.15) is 0 Å². The van der Waals surface area contributed by atoms with Crippen molar-refractivity contribution in [3.8, 4) is 0 Å². The SMILES string of the molecule is CC(C)CN1CC[C@@H]2[C@@H]1CCN2C(=O)N1CCCC1. The van der Waals surface area contributed by atoms with Crippen LogP contribution in [-0.2, 0) is 0 Å². The lowest BCUT2D eigenvalue weighted by Gasteiger charge is -2.29. The lowest BCUT2D eigenvalue weighted by atomic mass is 10.1. The predicted octanol–water partition coefficient (Wildman–Crippen LogP) is 2.01. The van der Waals surface area contributed by atoms with E-state index < -0.39 is 0 Å². The molecule has 0 saturated carbocycles. The Bertz CT molecular complexity index is 338. The van der Waals surface area contributed by atoms with Crippen LogP contribution in [0.15, 0.2) is 0 Å². The number of nitrogens with zero attached hydrogens (tertiary/aromatic N) is 3. The number of hydrogen-bond donors (Lipinski definition) is 0. The molecule has 2 atom stereocenters. The van der Waals surface area contributed by atoms with Crippen molar-refractivity contribution >= 4 is 6.03 Å². The van der Waals surface area contributed by atoms with Crippen molar-refractivity contribution in [2.75, 3.05) is 32.7 Å². The van der Waals surface area contributed by atoms with Crippen LogP contribution in [-0.4, -0.2) is 65.5 Å². The van der Waals surface area contributed by atoms with E-state index in [0.717, 1.165) is 25.6 Å². The summed E-state index contributed by atoms with van der Waals surface area (Å²) in [5, 5.41) is 0. The minimum absolute atomic E-state index is 0.316. The van der Waals surface area contributed by atoms with Gasteiger partial charge in [-0.25, -0.2) is 4.79 Å². The fraction of sp³-hybridized carbons (Fsp3) is 0.933. The second-order valence-corrected chi connectivity index (χ2v) is 6.77. The summed E-state index contributed by atoms with van der Waals surface area (Å²) in [5.74, 6) is 0.724. The van der Waals surface area contributed by atoms with E-state index in [1.165, 1.54) is 38.8 Å². The van der Waals surface area contributed by atoms with Gasteiger partial charge in [0.15, 0.2) is 0 Å². The maximum absolute atomic E-state index is 12.6. The molecule has 0 bridgehead atoms. The first kappa shape index (κ1) is 13.2. The zero-order valence-electron chi connectivity index (χ0n) is 12.3. The number of likely N-dealkylation sites (tertiary alicyclic amines) is 3. The van der Waals surface area contributed by atoms with Crippen molar-refractivity contribution in [2.24, 2.45) is 5.92 Å². The summed E-state index contributed by atoms with van der Waals surface area (Å²) in [5.41, 5.74) is 0. The molecule has 0 unspecified atom stereocenters. The van der Waals surface area contributed by atoms with Crippen molar-refractivity contribution in [2.45, 2.75) is 51.6 Å². The zero-order valence-corrected chi connectivity index (χ0v) is 12.3. The summed E-state index contributed by atoms with van der Waals surface area (Å²) in [7, 11) is 0. The zero-order chi connectivity index (χ0) is 13.4. The number of carbonyl (C=O) groups is 1. The van der Waals surface area contributed by atoms with Crippen LogP contribution in [0.5, 0.6) is 0 Å². The van der Waals surface area contributed by atoms with Gasteiger partial charge in [-0.1, -0.05) is 13.8 Å². The van der Waals surface area contributed by atoms with Gasteiger partial charge in [0.25, 0.3) is 0 Å². The van der Waals surface area contributed by atoms with Crippen molar-refractivity contribution < 1.29 is 4.79 Å². The van der Waals surface area contributed by atoms with Crippen LogP contribution in [0.1, 0.15) is 39.5 Å². The van der Waals surface area contributed by atoms with Crippen LogP contribution in [0.2, 0.25) is 0 Å². The molecular weight excluding hydrogens is 238 g/mol. The van der Waals surface area contributed by atoms with Gasteiger partial charge in [-0.3, -0.25) is 4.90 Å². The fourth-order valence-corrected chi connectivity index (χ4v) is 4.10. The van der Waals surface area contributed by atoms with E-state index in [9.17, 15) is 4.79 Å². The molecule has 0 spiro atoms. The molecule has 108 valence electrons. The average molecular weight is 265 g/mol. The van der Waals surface area contributed by atoms with Gasteiger partial charge in [0, 0.05) is 38.8 Å². The van der Waals surface area contributed by atoms with Crippen LogP contribution in [0.25, 0.3) is 0 Å². The molecule has 19 heavy (non-hydrogen) atoms. The topological polar surface area (TPSA) is 26.8 Å². The Kier molecular flexibility index (Phi) is 3.70. The molecule has 2 amide bonds. The van der Waals surface area contributed by atoms with Crippen molar-refractivity contribution in [1.82, 2.24) is 14.7 Å². The quantitative estimate of drug-likeness (QED) is 0.763. The Balaban J connectivity index is 1.62. The smallest absolute Gasteiger partial charge is 0.320 e. The Morgan fingerprint density at radius 2 is 1.74 bits per heavy atom. The third-order valence-corrected chi connectivity index (χ3v) is 4.91. The summed E-state index contributed by atoms with van der Waals surface area (Å²) < 4.78 is 0. The number of amides is 2. The molecule has 3 heterocycles. The second kappa shape index (κ2) is 5.31. The maximum Gasteiger partial charge on any atom is 0.320 e. The standard InChI is InChI=1S/C15H27N3O/c1-12(2)11-17-9-5-14-13(17)6-10-18(14)15(19)16-7-3-4-8-16/h12-14H,3-11H2,1-2H3/t13-,14+/m0/s1. The fourth-order valence-electron chi connectivity index (χ4n) is 4.10. The predicted molar refractivity (Wildman–Crippen MR) is 76.1 cm³/mol. The average Bonchev–Trinajstić information content (AvgIpc) is 3.04. The van der Waals surface area contributed by atoms with E-state index in [2.05, 4.69) is 28.5 Å². The first-order valence-corrected chi connectivity index (χ1v) is 7.96. The second-order valence-electron chi connectivity index (χ2n) is 6.77. The normalized spacial score (nSPS) is 31.5. The highest BCUT2D eigenvalue weighted by atomic mass is 16.2. The van der Waals surface area contributed by atoms with Crippen molar-refractivity contribution in [1.29, 1.82) is 0 Å². The number of carbonyl (C=O) groups excluding carboxylic acids is 1. The molecule has 0 aromatic rings.